The van der Waals surface area contributed by atoms with Crippen LogP contribution in [0, 0.1) is 0 Å². The normalized spacial score (nSPS) is 14.8. The lowest BCUT2D eigenvalue weighted by molar-refractivity contribution is 0.0392. The summed E-state index contributed by atoms with van der Waals surface area (Å²) in [4.78, 5) is 14.8. The van der Waals surface area contributed by atoms with Crippen molar-refractivity contribution in [2.75, 3.05) is 33.4 Å². The number of carbonyl (C=O) groups excluding carboxylic acids is 1. The topological polar surface area (TPSA) is 63.9 Å². The molecule has 1 saturated heterocycles. The van der Waals surface area contributed by atoms with E-state index in [0.717, 1.165) is 53.8 Å². The predicted octanol–water partition coefficient (Wildman–Crippen LogP) is 4.61. The molecule has 0 atom stereocenters. The van der Waals surface area contributed by atoms with Crippen molar-refractivity contribution >= 4 is 32.8 Å². The molecule has 0 radical (unpaired) electrons. The van der Waals surface area contributed by atoms with Crippen LogP contribution in [0.5, 0.6) is 5.75 Å². The van der Waals surface area contributed by atoms with Crippen LogP contribution in [0.1, 0.15) is 29.0 Å². The second kappa shape index (κ2) is 10.3. The van der Waals surface area contributed by atoms with Gasteiger partial charge in [-0.2, -0.15) is 0 Å². The molecule has 0 aliphatic carbocycles. The fourth-order valence-electron chi connectivity index (χ4n) is 3.76. The first-order chi connectivity index (χ1) is 15.1. The van der Waals surface area contributed by atoms with Crippen molar-refractivity contribution in [1.29, 1.82) is 0 Å². The van der Waals surface area contributed by atoms with E-state index in [1.54, 1.807) is 6.07 Å². The average molecular weight is 487 g/mol. The lowest BCUT2D eigenvalue weighted by atomic mass is 10.1. The van der Waals surface area contributed by atoms with Crippen molar-refractivity contribution < 1.29 is 18.7 Å². The molecule has 2 aromatic carbocycles. The monoisotopic (exact) mass is 486 g/mol. The molecule has 7 heteroatoms. The first-order valence-electron chi connectivity index (χ1n) is 10.6. The molecule has 1 aromatic heterocycles. The number of carbonyl (C=O) groups is 1. The van der Waals surface area contributed by atoms with E-state index in [9.17, 15) is 4.79 Å². The van der Waals surface area contributed by atoms with Crippen molar-refractivity contribution in [3.63, 3.8) is 0 Å². The van der Waals surface area contributed by atoms with Crippen LogP contribution in [0.2, 0.25) is 0 Å². The molecule has 0 saturated carbocycles. The quantitative estimate of drug-likeness (QED) is 0.503. The molecule has 1 fully saturated rings. The number of likely N-dealkylation sites (N-methyl/N-ethyl adjacent to an activating group) is 1. The number of ether oxygens (including phenoxy) is 2. The number of halogens is 1. The minimum atomic E-state index is -0.239. The van der Waals surface area contributed by atoms with E-state index >= 15 is 0 Å². The van der Waals surface area contributed by atoms with E-state index in [4.69, 9.17) is 13.9 Å². The van der Waals surface area contributed by atoms with Gasteiger partial charge in [0.2, 0.25) is 0 Å². The molecule has 0 unspecified atom stereocenters. The number of fused-ring (bicyclic) bond motifs is 1. The predicted molar refractivity (Wildman–Crippen MR) is 123 cm³/mol. The van der Waals surface area contributed by atoms with E-state index in [1.807, 2.05) is 42.5 Å². The van der Waals surface area contributed by atoms with Crippen molar-refractivity contribution in [2.24, 2.45) is 0 Å². The highest BCUT2D eigenvalue weighted by molar-refractivity contribution is 9.10. The van der Waals surface area contributed by atoms with Crippen molar-refractivity contribution in [3.8, 4) is 5.75 Å². The maximum Gasteiger partial charge on any atom is 0.287 e. The Labute approximate surface area is 190 Å². The molecule has 4 rings (SSSR count). The molecule has 1 aliphatic rings. The zero-order chi connectivity index (χ0) is 21.6. The third kappa shape index (κ3) is 5.87. The molecule has 31 heavy (non-hydrogen) atoms. The highest BCUT2D eigenvalue weighted by Crippen LogP contribution is 2.23. The second-order valence-electron chi connectivity index (χ2n) is 7.80. The Morgan fingerprint density at radius 3 is 2.87 bits per heavy atom. The highest BCUT2D eigenvalue weighted by atomic mass is 79.9. The maximum absolute atomic E-state index is 12.5. The van der Waals surface area contributed by atoms with Gasteiger partial charge in [0.05, 0.1) is 0 Å². The maximum atomic E-state index is 12.5. The zero-order valence-electron chi connectivity index (χ0n) is 17.6. The van der Waals surface area contributed by atoms with E-state index in [0.29, 0.717) is 30.5 Å². The van der Waals surface area contributed by atoms with Crippen LogP contribution in [-0.4, -0.2) is 50.3 Å². The van der Waals surface area contributed by atoms with Gasteiger partial charge in [-0.3, -0.25) is 9.69 Å². The molecular formula is C24H27BrN2O4. The van der Waals surface area contributed by atoms with Gasteiger partial charge in [0.15, 0.2) is 5.76 Å². The summed E-state index contributed by atoms with van der Waals surface area (Å²) in [7, 11) is 2.14. The second-order valence-corrected chi connectivity index (χ2v) is 8.71. The van der Waals surface area contributed by atoms with Gasteiger partial charge in [-0.25, -0.2) is 0 Å². The summed E-state index contributed by atoms with van der Waals surface area (Å²) in [5.74, 6) is 0.870. The molecule has 3 aromatic rings. The van der Waals surface area contributed by atoms with Crippen LogP contribution < -0.4 is 10.1 Å². The largest absolute Gasteiger partial charge is 0.492 e. The SMILES string of the molecule is CN(CCOc1cccc(CNC(=O)c2cc3cc(Br)ccc3o2)c1)C1CCOCC1. The lowest BCUT2D eigenvalue weighted by Crippen LogP contribution is -2.38. The molecule has 6 nitrogen and oxygen atoms in total. The number of hydrogen-bond donors (Lipinski definition) is 1. The number of benzene rings is 2. The van der Waals surface area contributed by atoms with Crippen LogP contribution >= 0.6 is 15.9 Å². The Bertz CT molecular complexity index is 1030. The molecule has 0 bridgehead atoms. The molecule has 164 valence electrons. The third-order valence-corrected chi connectivity index (χ3v) is 6.07. The number of nitrogens with one attached hydrogen (secondary N) is 1. The van der Waals surface area contributed by atoms with Crippen molar-refractivity contribution in [3.05, 3.63) is 64.3 Å². The minimum absolute atomic E-state index is 0.239. The number of amides is 1. The van der Waals surface area contributed by atoms with Crippen molar-refractivity contribution in [1.82, 2.24) is 10.2 Å². The molecule has 2 heterocycles. The van der Waals surface area contributed by atoms with E-state index in [1.165, 1.54) is 0 Å². The highest BCUT2D eigenvalue weighted by Gasteiger charge is 2.18. The smallest absolute Gasteiger partial charge is 0.287 e. The van der Waals surface area contributed by atoms with Gasteiger partial charge in [0.1, 0.15) is 17.9 Å². The van der Waals surface area contributed by atoms with Gasteiger partial charge in [-0.1, -0.05) is 28.1 Å². The van der Waals surface area contributed by atoms with Crippen LogP contribution in [0.4, 0.5) is 0 Å². The number of nitrogens with zero attached hydrogens (tertiary/aromatic N) is 1. The summed E-state index contributed by atoms with van der Waals surface area (Å²) in [5.41, 5.74) is 1.66. The average Bonchev–Trinajstić information content (AvgIpc) is 3.21. The Hall–Kier alpha value is -2.35. The summed E-state index contributed by atoms with van der Waals surface area (Å²) >= 11 is 3.43. The van der Waals surface area contributed by atoms with Gasteiger partial charge in [-0.05, 0) is 61.9 Å². The number of furan rings is 1. The molecule has 0 spiro atoms. The molecule has 1 aliphatic heterocycles. The first-order valence-corrected chi connectivity index (χ1v) is 11.3. The first kappa shape index (κ1) is 21.9. The Kier molecular flexibility index (Phi) is 7.27. The van der Waals surface area contributed by atoms with Crippen LogP contribution in [0.3, 0.4) is 0 Å². The Balaban J connectivity index is 1.27. The van der Waals surface area contributed by atoms with E-state index in [-0.39, 0.29) is 5.91 Å². The Morgan fingerprint density at radius 2 is 2.03 bits per heavy atom. The van der Waals surface area contributed by atoms with Gasteiger partial charge in [0, 0.05) is 42.2 Å². The summed E-state index contributed by atoms with van der Waals surface area (Å²) in [5, 5.41) is 3.80. The standard InChI is InChI=1S/C24H27BrN2O4/c1-27(20-7-10-29-11-8-20)9-12-30-21-4-2-3-17(13-21)16-26-24(28)23-15-18-14-19(25)5-6-22(18)31-23/h2-6,13-15,20H,7-12,16H2,1H3,(H,26,28). The fourth-order valence-corrected chi connectivity index (χ4v) is 4.14. The van der Waals surface area contributed by atoms with Gasteiger partial charge in [-0.15, -0.1) is 0 Å². The van der Waals surface area contributed by atoms with E-state index in [2.05, 4.69) is 33.2 Å². The van der Waals surface area contributed by atoms with Gasteiger partial charge < -0.3 is 19.2 Å². The molecular weight excluding hydrogens is 460 g/mol. The zero-order valence-corrected chi connectivity index (χ0v) is 19.2. The summed E-state index contributed by atoms with van der Waals surface area (Å²) < 4.78 is 18.0. The Morgan fingerprint density at radius 1 is 1.19 bits per heavy atom. The van der Waals surface area contributed by atoms with Crippen LogP contribution in [-0.2, 0) is 11.3 Å². The number of rotatable bonds is 8. The minimum Gasteiger partial charge on any atom is -0.492 e. The summed E-state index contributed by atoms with van der Waals surface area (Å²) in [6.45, 7) is 3.58. The summed E-state index contributed by atoms with van der Waals surface area (Å²) in [6, 6.07) is 15.8. The molecule has 1 N–H and O–H groups in total. The van der Waals surface area contributed by atoms with Gasteiger partial charge in [0.25, 0.3) is 5.91 Å². The fraction of sp³-hybridized carbons (Fsp3) is 0.375. The van der Waals surface area contributed by atoms with E-state index < -0.39 is 0 Å². The summed E-state index contributed by atoms with van der Waals surface area (Å²) in [6.07, 6.45) is 2.16. The van der Waals surface area contributed by atoms with Crippen molar-refractivity contribution in [2.45, 2.75) is 25.4 Å². The number of hydrogen-bond acceptors (Lipinski definition) is 5. The van der Waals surface area contributed by atoms with Crippen LogP contribution in [0.25, 0.3) is 11.0 Å². The molecule has 1 amide bonds. The third-order valence-electron chi connectivity index (χ3n) is 5.58. The lowest BCUT2D eigenvalue weighted by Gasteiger charge is -2.31. The van der Waals surface area contributed by atoms with Crippen LogP contribution in [0.15, 0.2) is 57.4 Å². The van der Waals surface area contributed by atoms with Gasteiger partial charge >= 0.3 is 0 Å².